The normalized spacial score (nSPS) is 20.8. The molecule has 1 N–H and O–H groups in total. The van der Waals surface area contributed by atoms with Gasteiger partial charge in [0.25, 0.3) is 0 Å². The van der Waals surface area contributed by atoms with Gasteiger partial charge in [-0.25, -0.2) is 13.1 Å². The highest BCUT2D eigenvalue weighted by molar-refractivity contribution is 7.88. The topological polar surface area (TPSA) is 55.4 Å². The average Bonchev–Trinajstić information content (AvgIpc) is 3.14. The van der Waals surface area contributed by atoms with Crippen molar-refractivity contribution in [2.45, 2.75) is 51.0 Å². The van der Waals surface area contributed by atoms with Gasteiger partial charge in [-0.1, -0.05) is 43.3 Å². The van der Waals surface area contributed by atoms with E-state index in [0.717, 1.165) is 17.2 Å². The molecule has 2 aromatic rings. The molecule has 152 valence electrons. The second-order valence-corrected chi connectivity index (χ2v) is 9.96. The molecule has 0 radical (unpaired) electrons. The fraction of sp³-hybridized carbons (Fsp3) is 0.478. The zero-order valence-electron chi connectivity index (χ0n) is 17.0. The Bertz CT molecular complexity index is 877. The lowest BCUT2D eigenvalue weighted by molar-refractivity contribution is 0.412. The third kappa shape index (κ3) is 5.82. The maximum atomic E-state index is 11.2. The minimum atomic E-state index is -3.15. The minimum absolute atomic E-state index is 0.352. The van der Waals surface area contributed by atoms with E-state index in [1.807, 2.05) is 18.2 Å². The molecule has 1 aliphatic rings. The Kier molecular flexibility index (Phi) is 6.78. The van der Waals surface area contributed by atoms with Gasteiger partial charge in [0.05, 0.1) is 13.4 Å². The second-order valence-electron chi connectivity index (χ2n) is 8.12. The van der Waals surface area contributed by atoms with Crippen LogP contribution in [-0.4, -0.2) is 21.8 Å². The molecule has 28 heavy (non-hydrogen) atoms. The summed E-state index contributed by atoms with van der Waals surface area (Å²) in [6, 6.07) is 16.8. The molecule has 5 heteroatoms. The summed E-state index contributed by atoms with van der Waals surface area (Å²) in [4.78, 5) is 0. The third-order valence-corrected chi connectivity index (χ3v) is 6.55. The molecule has 0 spiro atoms. The van der Waals surface area contributed by atoms with E-state index in [2.05, 4.69) is 42.0 Å². The number of rotatable bonds is 8. The Morgan fingerprint density at radius 2 is 1.89 bits per heavy atom. The number of hydrogen-bond acceptors (Lipinski definition) is 3. The first-order valence-corrected chi connectivity index (χ1v) is 11.9. The van der Waals surface area contributed by atoms with E-state index >= 15 is 0 Å². The first-order chi connectivity index (χ1) is 13.3. The first kappa shape index (κ1) is 20.9. The zero-order valence-corrected chi connectivity index (χ0v) is 17.8. The number of sulfonamides is 1. The minimum Gasteiger partial charge on any atom is -0.497 e. The predicted molar refractivity (Wildman–Crippen MR) is 114 cm³/mol. The van der Waals surface area contributed by atoms with E-state index in [9.17, 15) is 8.42 Å². The fourth-order valence-electron chi connectivity index (χ4n) is 4.30. The van der Waals surface area contributed by atoms with Crippen LogP contribution in [0.2, 0.25) is 0 Å². The number of ether oxygens (including phenoxy) is 1. The van der Waals surface area contributed by atoms with Crippen molar-refractivity contribution in [3.63, 3.8) is 0 Å². The standard InChI is InChI=1S/C23H31NO3S/c1-17(21-5-4-6-23(15-21)27-2)13-19-9-12-22(14-19)20-10-7-18(8-11-20)16-24-28(3,25)26/h4-8,10-11,15,17,19,22,24H,9,12-14,16H2,1-3H3/t17-,19?,22?/m0/s1. The number of methoxy groups -OCH3 is 1. The van der Waals surface area contributed by atoms with E-state index in [1.54, 1.807) is 7.11 Å². The van der Waals surface area contributed by atoms with Crippen LogP contribution >= 0.6 is 0 Å². The van der Waals surface area contributed by atoms with Crippen molar-refractivity contribution in [1.82, 2.24) is 4.72 Å². The lowest BCUT2D eigenvalue weighted by atomic mass is 9.88. The van der Waals surface area contributed by atoms with Crippen molar-refractivity contribution in [2.24, 2.45) is 5.92 Å². The molecule has 0 bridgehead atoms. The Hall–Kier alpha value is -1.85. The monoisotopic (exact) mass is 401 g/mol. The smallest absolute Gasteiger partial charge is 0.209 e. The van der Waals surface area contributed by atoms with E-state index in [4.69, 9.17) is 4.74 Å². The van der Waals surface area contributed by atoms with Crippen molar-refractivity contribution < 1.29 is 13.2 Å². The van der Waals surface area contributed by atoms with Crippen molar-refractivity contribution in [3.8, 4) is 5.75 Å². The van der Waals surface area contributed by atoms with Crippen LogP contribution in [0.5, 0.6) is 5.75 Å². The van der Waals surface area contributed by atoms with Gasteiger partial charge in [0.1, 0.15) is 5.75 Å². The number of hydrogen-bond donors (Lipinski definition) is 1. The first-order valence-electron chi connectivity index (χ1n) is 10.0. The summed E-state index contributed by atoms with van der Waals surface area (Å²) < 4.78 is 30.4. The molecular weight excluding hydrogens is 370 g/mol. The summed E-state index contributed by atoms with van der Waals surface area (Å²) in [5.41, 5.74) is 3.72. The molecule has 1 saturated carbocycles. The maximum absolute atomic E-state index is 11.2. The van der Waals surface area contributed by atoms with Gasteiger partial charge >= 0.3 is 0 Å². The maximum Gasteiger partial charge on any atom is 0.209 e. The third-order valence-electron chi connectivity index (χ3n) is 5.88. The predicted octanol–water partition coefficient (Wildman–Crippen LogP) is 4.82. The summed E-state index contributed by atoms with van der Waals surface area (Å²) >= 11 is 0. The fourth-order valence-corrected chi connectivity index (χ4v) is 4.73. The molecule has 1 fully saturated rings. The lowest BCUT2D eigenvalue weighted by Crippen LogP contribution is -2.21. The van der Waals surface area contributed by atoms with Crippen LogP contribution in [0.25, 0.3) is 0 Å². The molecule has 0 saturated heterocycles. The van der Waals surface area contributed by atoms with Crippen molar-refractivity contribution in [3.05, 3.63) is 65.2 Å². The lowest BCUT2D eigenvalue weighted by Gasteiger charge is -2.18. The van der Waals surface area contributed by atoms with E-state index in [-0.39, 0.29) is 0 Å². The van der Waals surface area contributed by atoms with Gasteiger partial charge in [-0.2, -0.15) is 0 Å². The van der Waals surface area contributed by atoms with Crippen LogP contribution in [0, 0.1) is 5.92 Å². The average molecular weight is 402 g/mol. The van der Waals surface area contributed by atoms with Crippen molar-refractivity contribution in [2.75, 3.05) is 13.4 Å². The Balaban J connectivity index is 1.54. The van der Waals surface area contributed by atoms with Crippen molar-refractivity contribution >= 4 is 10.0 Å². The molecule has 2 aromatic carbocycles. The highest BCUT2D eigenvalue weighted by Gasteiger charge is 2.27. The van der Waals surface area contributed by atoms with Gasteiger partial charge in [0, 0.05) is 6.54 Å². The van der Waals surface area contributed by atoms with Crippen LogP contribution in [-0.2, 0) is 16.6 Å². The van der Waals surface area contributed by atoms with Gasteiger partial charge in [0.15, 0.2) is 0 Å². The van der Waals surface area contributed by atoms with Gasteiger partial charge < -0.3 is 4.74 Å². The van der Waals surface area contributed by atoms with Crippen molar-refractivity contribution in [1.29, 1.82) is 0 Å². The van der Waals surface area contributed by atoms with Crippen LogP contribution in [0.4, 0.5) is 0 Å². The molecule has 0 aliphatic heterocycles. The molecule has 0 heterocycles. The Labute approximate surface area is 169 Å². The molecule has 3 atom stereocenters. The van der Waals surface area contributed by atoms with E-state index < -0.39 is 10.0 Å². The molecule has 3 rings (SSSR count). The van der Waals surface area contributed by atoms with Gasteiger partial charge in [-0.15, -0.1) is 0 Å². The summed E-state index contributed by atoms with van der Waals surface area (Å²) in [5, 5.41) is 0. The number of nitrogens with one attached hydrogen (secondary N) is 1. The van der Waals surface area contributed by atoms with E-state index in [1.165, 1.54) is 43.1 Å². The molecule has 0 aromatic heterocycles. The van der Waals surface area contributed by atoms with Crippen LogP contribution in [0.3, 0.4) is 0 Å². The van der Waals surface area contributed by atoms with Crippen LogP contribution < -0.4 is 9.46 Å². The van der Waals surface area contributed by atoms with Crippen LogP contribution in [0.15, 0.2) is 48.5 Å². The molecule has 0 amide bonds. The van der Waals surface area contributed by atoms with Gasteiger partial charge in [-0.05, 0) is 72.3 Å². The van der Waals surface area contributed by atoms with E-state index in [0.29, 0.717) is 18.4 Å². The van der Waals surface area contributed by atoms with Gasteiger partial charge in [-0.3, -0.25) is 0 Å². The highest BCUT2D eigenvalue weighted by Crippen LogP contribution is 2.42. The molecule has 2 unspecified atom stereocenters. The Morgan fingerprint density at radius 1 is 1.14 bits per heavy atom. The van der Waals surface area contributed by atoms with Crippen LogP contribution in [0.1, 0.15) is 61.1 Å². The summed E-state index contributed by atoms with van der Waals surface area (Å²) in [6.45, 7) is 2.66. The SMILES string of the molecule is COc1cccc([C@@H](C)CC2CCC(c3ccc(CNS(C)(=O)=O)cc3)C2)c1. The summed E-state index contributed by atoms with van der Waals surface area (Å²) in [6.07, 6.45) is 6.13. The largest absolute Gasteiger partial charge is 0.497 e. The Morgan fingerprint density at radius 3 is 2.57 bits per heavy atom. The second kappa shape index (κ2) is 9.10. The molecular formula is C23H31NO3S. The molecule has 1 aliphatic carbocycles. The summed E-state index contributed by atoms with van der Waals surface area (Å²) in [5.74, 6) is 2.82. The summed E-state index contributed by atoms with van der Waals surface area (Å²) in [7, 11) is -1.44. The molecule has 4 nitrogen and oxygen atoms in total. The highest BCUT2D eigenvalue weighted by atomic mass is 32.2. The number of benzene rings is 2. The quantitative estimate of drug-likeness (QED) is 0.690. The zero-order chi connectivity index (χ0) is 20.1. The van der Waals surface area contributed by atoms with Gasteiger partial charge in [0.2, 0.25) is 10.0 Å².